The number of unbranched alkanes of at least 4 members (excludes halogenated alkanes) is 1. The van der Waals surface area contributed by atoms with Gasteiger partial charge in [0.15, 0.2) is 0 Å². The van der Waals surface area contributed by atoms with Crippen LogP contribution in [0.15, 0.2) is 48.7 Å². The monoisotopic (exact) mass is 353 g/mol. The molecule has 5 nitrogen and oxygen atoms in total. The first-order valence-electron chi connectivity index (χ1n) is 9.12. The van der Waals surface area contributed by atoms with Crippen molar-refractivity contribution >= 4 is 11.8 Å². The summed E-state index contributed by atoms with van der Waals surface area (Å²) in [5.41, 5.74) is 1.81. The lowest BCUT2D eigenvalue weighted by atomic mass is 10.1. The molecule has 0 spiro atoms. The molecule has 0 aliphatic heterocycles. The molecule has 2 amide bonds. The average molecular weight is 353 g/mol. The van der Waals surface area contributed by atoms with Gasteiger partial charge in [0.2, 0.25) is 0 Å². The molecule has 0 fully saturated rings. The zero-order valence-electron chi connectivity index (χ0n) is 15.7. The van der Waals surface area contributed by atoms with Crippen LogP contribution in [0.1, 0.15) is 60.0 Å². The number of carbonyl (C=O) groups excluding carboxylic acids is 2. The van der Waals surface area contributed by atoms with Gasteiger partial charge in [-0.3, -0.25) is 14.6 Å². The van der Waals surface area contributed by atoms with E-state index in [9.17, 15) is 9.59 Å². The van der Waals surface area contributed by atoms with Crippen LogP contribution >= 0.6 is 0 Å². The molecule has 0 saturated carbocycles. The normalized spacial score (nSPS) is 10.6. The Labute approximate surface area is 155 Å². The molecule has 1 aromatic carbocycles. The second-order valence-corrected chi connectivity index (χ2v) is 6.55. The van der Waals surface area contributed by atoms with E-state index in [4.69, 9.17) is 0 Å². The third-order valence-electron chi connectivity index (χ3n) is 4.14. The van der Waals surface area contributed by atoms with Gasteiger partial charge in [0, 0.05) is 30.9 Å². The number of amides is 2. The summed E-state index contributed by atoms with van der Waals surface area (Å²) in [4.78, 5) is 31.1. The number of aromatic nitrogens is 1. The fourth-order valence-electron chi connectivity index (χ4n) is 2.59. The van der Waals surface area contributed by atoms with E-state index >= 15 is 0 Å². The number of carbonyl (C=O) groups is 2. The highest BCUT2D eigenvalue weighted by Crippen LogP contribution is 2.13. The van der Waals surface area contributed by atoms with Gasteiger partial charge in [0.1, 0.15) is 5.69 Å². The fraction of sp³-hybridized carbons (Fsp3) is 0.381. The Kier molecular flexibility index (Phi) is 7.33. The van der Waals surface area contributed by atoms with Gasteiger partial charge in [-0.2, -0.15) is 0 Å². The average Bonchev–Trinajstić information content (AvgIpc) is 2.66. The quantitative estimate of drug-likeness (QED) is 0.737. The summed E-state index contributed by atoms with van der Waals surface area (Å²) in [7, 11) is 0. The number of rotatable bonds is 8. The van der Waals surface area contributed by atoms with Crippen LogP contribution in [-0.4, -0.2) is 34.3 Å². The van der Waals surface area contributed by atoms with Crippen LogP contribution in [0.2, 0.25) is 0 Å². The molecular formula is C21H27N3O2. The lowest BCUT2D eigenvalue weighted by molar-refractivity contribution is 0.0684. The Hall–Kier alpha value is -2.69. The molecule has 2 aromatic rings. The van der Waals surface area contributed by atoms with E-state index in [2.05, 4.69) is 17.2 Å². The van der Waals surface area contributed by atoms with Crippen LogP contribution in [0.5, 0.6) is 0 Å². The molecule has 0 aliphatic rings. The van der Waals surface area contributed by atoms with Gasteiger partial charge >= 0.3 is 0 Å². The maximum absolute atomic E-state index is 13.0. The van der Waals surface area contributed by atoms with Crippen LogP contribution in [0, 0.1) is 0 Å². The maximum Gasteiger partial charge on any atom is 0.272 e. The van der Waals surface area contributed by atoms with Crippen LogP contribution in [0.3, 0.4) is 0 Å². The summed E-state index contributed by atoms with van der Waals surface area (Å²) < 4.78 is 0. The zero-order valence-corrected chi connectivity index (χ0v) is 15.7. The largest absolute Gasteiger partial charge is 0.352 e. The van der Waals surface area contributed by atoms with Gasteiger partial charge in [-0.15, -0.1) is 0 Å². The van der Waals surface area contributed by atoms with E-state index in [1.807, 2.05) is 44.2 Å². The van der Waals surface area contributed by atoms with Crippen molar-refractivity contribution in [2.75, 3.05) is 6.54 Å². The van der Waals surface area contributed by atoms with Gasteiger partial charge in [-0.1, -0.05) is 43.7 Å². The fourth-order valence-corrected chi connectivity index (χ4v) is 2.59. The first-order valence-corrected chi connectivity index (χ1v) is 9.12. The van der Waals surface area contributed by atoms with Gasteiger partial charge in [-0.25, -0.2) is 0 Å². The number of nitrogens with one attached hydrogen (secondary N) is 1. The summed E-state index contributed by atoms with van der Waals surface area (Å²) in [6.45, 7) is 7.16. The van der Waals surface area contributed by atoms with Crippen molar-refractivity contribution in [1.29, 1.82) is 0 Å². The van der Waals surface area contributed by atoms with Crippen LogP contribution in [0.25, 0.3) is 0 Å². The van der Waals surface area contributed by atoms with E-state index in [-0.39, 0.29) is 23.6 Å². The molecule has 138 valence electrons. The zero-order chi connectivity index (χ0) is 18.9. The minimum Gasteiger partial charge on any atom is -0.352 e. The highest BCUT2D eigenvalue weighted by atomic mass is 16.2. The molecule has 1 aromatic heterocycles. The van der Waals surface area contributed by atoms with E-state index in [1.165, 1.54) is 6.20 Å². The van der Waals surface area contributed by atoms with E-state index < -0.39 is 0 Å². The predicted octanol–water partition coefficient (Wildman–Crippen LogP) is 3.66. The molecule has 1 heterocycles. The molecule has 0 aliphatic carbocycles. The molecule has 26 heavy (non-hydrogen) atoms. The van der Waals surface area contributed by atoms with Crippen molar-refractivity contribution < 1.29 is 9.59 Å². The number of hydrogen-bond donors (Lipinski definition) is 1. The minimum atomic E-state index is -0.174. The third kappa shape index (κ3) is 5.41. The van der Waals surface area contributed by atoms with E-state index in [1.54, 1.807) is 17.0 Å². The number of hydrogen-bond acceptors (Lipinski definition) is 3. The van der Waals surface area contributed by atoms with Crippen LogP contribution in [0.4, 0.5) is 0 Å². The summed E-state index contributed by atoms with van der Waals surface area (Å²) in [5.74, 6) is -0.346. The summed E-state index contributed by atoms with van der Waals surface area (Å²) >= 11 is 0. The molecule has 5 heteroatoms. The van der Waals surface area contributed by atoms with Gasteiger partial charge in [-0.05, 0) is 38.0 Å². The number of pyridine rings is 1. The molecular weight excluding hydrogens is 326 g/mol. The topological polar surface area (TPSA) is 62.3 Å². The second-order valence-electron chi connectivity index (χ2n) is 6.55. The lowest BCUT2D eigenvalue weighted by Gasteiger charge is -2.26. The first kappa shape index (κ1) is 19.6. The highest BCUT2D eigenvalue weighted by Gasteiger charge is 2.21. The van der Waals surface area contributed by atoms with Crippen LogP contribution < -0.4 is 5.32 Å². The Balaban J connectivity index is 2.15. The van der Waals surface area contributed by atoms with Crippen molar-refractivity contribution in [2.45, 2.75) is 46.2 Å². The van der Waals surface area contributed by atoms with E-state index in [0.29, 0.717) is 18.7 Å². The number of nitrogens with zero attached hydrogens (tertiary/aromatic N) is 2. The lowest BCUT2D eigenvalue weighted by Crippen LogP contribution is -2.37. The Morgan fingerprint density at radius 3 is 2.54 bits per heavy atom. The SMILES string of the molecule is CCCCNC(=O)c1ccnc(C(=O)N(Cc2ccccc2)C(C)C)c1. The van der Waals surface area contributed by atoms with Gasteiger partial charge in [0.05, 0.1) is 0 Å². The van der Waals surface area contributed by atoms with Crippen molar-refractivity contribution in [3.63, 3.8) is 0 Å². The predicted molar refractivity (Wildman–Crippen MR) is 103 cm³/mol. The molecule has 0 bridgehead atoms. The Morgan fingerprint density at radius 1 is 1.15 bits per heavy atom. The first-order chi connectivity index (χ1) is 12.5. The van der Waals surface area contributed by atoms with Crippen molar-refractivity contribution in [1.82, 2.24) is 15.2 Å². The van der Waals surface area contributed by atoms with Crippen molar-refractivity contribution in [2.24, 2.45) is 0 Å². The molecule has 0 unspecified atom stereocenters. The smallest absolute Gasteiger partial charge is 0.272 e. The summed E-state index contributed by atoms with van der Waals surface area (Å²) in [5, 5.41) is 2.87. The molecule has 0 atom stereocenters. The van der Waals surface area contributed by atoms with Crippen molar-refractivity contribution in [3.8, 4) is 0 Å². The van der Waals surface area contributed by atoms with Gasteiger partial charge in [0.25, 0.3) is 11.8 Å². The van der Waals surface area contributed by atoms with Crippen molar-refractivity contribution in [3.05, 3.63) is 65.5 Å². The molecule has 2 rings (SSSR count). The standard InChI is InChI=1S/C21H27N3O2/c1-4-5-12-23-20(25)18-11-13-22-19(14-18)21(26)24(16(2)3)15-17-9-7-6-8-10-17/h6-11,13-14,16H,4-5,12,15H2,1-3H3,(H,23,25). The highest BCUT2D eigenvalue weighted by molar-refractivity contribution is 5.98. The molecule has 0 radical (unpaired) electrons. The number of benzene rings is 1. The Bertz CT molecular complexity index is 729. The molecule has 1 N–H and O–H groups in total. The van der Waals surface area contributed by atoms with Gasteiger partial charge < -0.3 is 10.2 Å². The molecule has 0 saturated heterocycles. The minimum absolute atomic E-state index is 0.0199. The summed E-state index contributed by atoms with van der Waals surface area (Å²) in [6.07, 6.45) is 3.47. The maximum atomic E-state index is 13.0. The van der Waals surface area contributed by atoms with E-state index in [0.717, 1.165) is 18.4 Å². The second kappa shape index (κ2) is 9.70. The summed E-state index contributed by atoms with van der Waals surface area (Å²) in [6, 6.07) is 13.1. The van der Waals surface area contributed by atoms with Crippen LogP contribution in [-0.2, 0) is 6.54 Å². The Morgan fingerprint density at radius 2 is 1.88 bits per heavy atom. The third-order valence-corrected chi connectivity index (χ3v) is 4.14.